The molecule has 0 aliphatic carbocycles. The molecule has 2 aromatic rings. The molecule has 1 N–H and O–H groups in total. The van der Waals surface area contributed by atoms with Gasteiger partial charge in [0, 0.05) is 30.9 Å². The van der Waals surface area contributed by atoms with Crippen LogP contribution in [0.4, 0.5) is 5.82 Å². The van der Waals surface area contributed by atoms with Crippen molar-refractivity contribution in [2.75, 3.05) is 25.1 Å². The number of hydrogen-bond donors (Lipinski definition) is 1. The van der Waals surface area contributed by atoms with E-state index in [1.54, 1.807) is 25.6 Å². The second-order valence-corrected chi connectivity index (χ2v) is 5.73. The van der Waals surface area contributed by atoms with Crippen LogP contribution >= 0.6 is 15.9 Å². The van der Waals surface area contributed by atoms with E-state index >= 15 is 0 Å². The van der Waals surface area contributed by atoms with E-state index in [0.717, 1.165) is 10.2 Å². The maximum absolute atomic E-state index is 9.28. The third kappa shape index (κ3) is 2.62. The molecule has 1 saturated heterocycles. The van der Waals surface area contributed by atoms with Gasteiger partial charge in [-0.3, -0.25) is 0 Å². The van der Waals surface area contributed by atoms with Gasteiger partial charge in [0.05, 0.1) is 29.5 Å². The quantitative estimate of drug-likeness (QED) is 0.902. The number of nitriles is 1. The monoisotopic (exact) mass is 348 g/mol. The van der Waals surface area contributed by atoms with E-state index < -0.39 is 0 Å². The molecule has 1 aliphatic rings. The van der Waals surface area contributed by atoms with Gasteiger partial charge in [-0.15, -0.1) is 0 Å². The average molecular weight is 349 g/mol. The normalized spacial score (nSPS) is 21.5. The predicted octanol–water partition coefficient (Wildman–Crippen LogP) is 1.45. The number of hydrogen-bond acceptors (Lipinski definition) is 6. The number of ether oxygens (including phenoxy) is 1. The number of nitrogens with zero attached hydrogens (tertiary/aromatic N) is 5. The summed E-state index contributed by atoms with van der Waals surface area (Å²) < 4.78 is 6.34. The molecule has 3 heterocycles. The van der Waals surface area contributed by atoms with Crippen LogP contribution < -0.4 is 4.90 Å². The van der Waals surface area contributed by atoms with Gasteiger partial charge in [0.1, 0.15) is 11.9 Å². The number of aromatic nitrogens is 4. The van der Waals surface area contributed by atoms with Crippen LogP contribution in [0.25, 0.3) is 0 Å². The molecule has 1 fully saturated rings. The summed E-state index contributed by atoms with van der Waals surface area (Å²) in [5.74, 6) is 0.777. The summed E-state index contributed by atoms with van der Waals surface area (Å²) in [4.78, 5) is 6.43. The minimum Gasteiger partial charge on any atom is -0.379 e. The third-order valence-electron chi connectivity index (χ3n) is 3.64. The van der Waals surface area contributed by atoms with Crippen LogP contribution in [0.5, 0.6) is 0 Å². The fraction of sp³-hybridized carbons (Fsp3) is 0.385. The lowest BCUT2D eigenvalue weighted by molar-refractivity contribution is 0.105. The zero-order valence-electron chi connectivity index (χ0n) is 11.3. The molecule has 0 radical (unpaired) electrons. The summed E-state index contributed by atoms with van der Waals surface area (Å²) in [5.41, 5.74) is 1.40. The number of nitrogens with one attached hydrogen (secondary N) is 1. The van der Waals surface area contributed by atoms with Crippen molar-refractivity contribution < 1.29 is 4.74 Å². The minimum atomic E-state index is -0.00732. The van der Waals surface area contributed by atoms with Crippen LogP contribution in [0.3, 0.4) is 0 Å². The van der Waals surface area contributed by atoms with Crippen LogP contribution in [0, 0.1) is 11.3 Å². The van der Waals surface area contributed by atoms with Crippen molar-refractivity contribution in [2.45, 2.75) is 12.0 Å². The molecule has 0 spiro atoms. The number of H-pyrrole nitrogens is 1. The van der Waals surface area contributed by atoms with E-state index in [2.05, 4.69) is 47.3 Å². The van der Waals surface area contributed by atoms with E-state index in [-0.39, 0.29) is 12.0 Å². The molecular formula is C13H13BrN6O. The lowest BCUT2D eigenvalue weighted by atomic mass is 10.0. The van der Waals surface area contributed by atoms with Gasteiger partial charge in [0.2, 0.25) is 0 Å². The highest BCUT2D eigenvalue weighted by Crippen LogP contribution is 2.32. The van der Waals surface area contributed by atoms with Gasteiger partial charge in [-0.25, -0.2) is 4.98 Å². The molecule has 2 aromatic heterocycles. The molecule has 2 atom stereocenters. The van der Waals surface area contributed by atoms with Crippen LogP contribution in [0.1, 0.15) is 17.2 Å². The Morgan fingerprint density at radius 3 is 3.00 bits per heavy atom. The van der Waals surface area contributed by atoms with Gasteiger partial charge >= 0.3 is 0 Å². The first-order chi connectivity index (χ1) is 10.2. The zero-order valence-corrected chi connectivity index (χ0v) is 12.9. The highest BCUT2D eigenvalue weighted by molar-refractivity contribution is 9.10. The summed E-state index contributed by atoms with van der Waals surface area (Å²) in [6.07, 6.45) is 3.40. The zero-order chi connectivity index (χ0) is 14.8. The number of rotatable bonds is 3. The molecule has 3 rings (SSSR count). The molecular weight excluding hydrogens is 336 g/mol. The maximum Gasteiger partial charge on any atom is 0.146 e. The molecule has 0 aromatic carbocycles. The molecule has 108 valence electrons. The maximum atomic E-state index is 9.28. The number of aromatic amines is 1. The first-order valence-corrected chi connectivity index (χ1v) is 7.21. The minimum absolute atomic E-state index is 0.00732. The van der Waals surface area contributed by atoms with Crippen molar-refractivity contribution in [3.63, 3.8) is 0 Å². The lowest BCUT2D eigenvalue weighted by Gasteiger charge is -2.18. The fourth-order valence-corrected chi connectivity index (χ4v) is 2.96. The van der Waals surface area contributed by atoms with Crippen molar-refractivity contribution in [3.05, 3.63) is 34.2 Å². The second-order valence-electron chi connectivity index (χ2n) is 4.82. The van der Waals surface area contributed by atoms with Gasteiger partial charge < -0.3 is 9.64 Å². The summed E-state index contributed by atoms with van der Waals surface area (Å²) in [5, 5.41) is 19.9. The van der Waals surface area contributed by atoms with Crippen molar-refractivity contribution in [3.8, 4) is 6.07 Å². The molecule has 0 bridgehead atoms. The summed E-state index contributed by atoms with van der Waals surface area (Å²) in [6.45, 7) is 1.35. The molecule has 8 heteroatoms. The van der Waals surface area contributed by atoms with E-state index in [1.807, 2.05) is 0 Å². The van der Waals surface area contributed by atoms with Gasteiger partial charge in [0.25, 0.3) is 0 Å². The van der Waals surface area contributed by atoms with Crippen LogP contribution in [-0.2, 0) is 4.74 Å². The first-order valence-electron chi connectivity index (χ1n) is 6.42. The fourth-order valence-electron chi connectivity index (χ4n) is 2.63. The van der Waals surface area contributed by atoms with Gasteiger partial charge in [-0.2, -0.15) is 20.7 Å². The topological polar surface area (TPSA) is 90.7 Å². The summed E-state index contributed by atoms with van der Waals surface area (Å²) in [7, 11) is 1.68. The van der Waals surface area contributed by atoms with Crippen LogP contribution in [0.2, 0.25) is 0 Å². The number of pyridine rings is 1. The molecule has 0 amide bonds. The Morgan fingerprint density at radius 2 is 2.33 bits per heavy atom. The number of halogens is 1. The molecule has 0 saturated carbocycles. The largest absolute Gasteiger partial charge is 0.379 e. The van der Waals surface area contributed by atoms with Gasteiger partial charge in [0.15, 0.2) is 0 Å². The van der Waals surface area contributed by atoms with Crippen LogP contribution in [0.15, 0.2) is 22.9 Å². The first kappa shape index (κ1) is 14.0. The summed E-state index contributed by atoms with van der Waals surface area (Å²) in [6, 6.07) is 3.96. The third-order valence-corrected chi connectivity index (χ3v) is 4.07. The Morgan fingerprint density at radius 1 is 1.48 bits per heavy atom. The number of methoxy groups -OCH3 is 1. The molecule has 21 heavy (non-hydrogen) atoms. The Kier molecular flexibility index (Phi) is 3.86. The van der Waals surface area contributed by atoms with E-state index in [1.165, 1.54) is 0 Å². The van der Waals surface area contributed by atoms with Gasteiger partial charge in [-0.1, -0.05) is 0 Å². The van der Waals surface area contributed by atoms with Gasteiger partial charge in [-0.05, 0) is 22.0 Å². The smallest absolute Gasteiger partial charge is 0.146 e. The van der Waals surface area contributed by atoms with E-state index in [0.29, 0.717) is 24.5 Å². The SMILES string of the molecule is CO[C@@H]1CN(c2ncc(Br)cc2C#N)C[C@H]1c1cn[nH]n1. The van der Waals surface area contributed by atoms with E-state index in [9.17, 15) is 5.26 Å². The Balaban J connectivity index is 1.90. The summed E-state index contributed by atoms with van der Waals surface area (Å²) >= 11 is 3.34. The molecule has 0 unspecified atom stereocenters. The second kappa shape index (κ2) is 5.79. The van der Waals surface area contributed by atoms with E-state index in [4.69, 9.17) is 4.74 Å². The molecule has 7 nitrogen and oxygen atoms in total. The van der Waals surface area contributed by atoms with Crippen LogP contribution in [-0.4, -0.2) is 46.7 Å². The Labute approximate surface area is 130 Å². The Hall–Kier alpha value is -1.98. The lowest BCUT2D eigenvalue weighted by Crippen LogP contribution is -2.24. The predicted molar refractivity (Wildman–Crippen MR) is 78.8 cm³/mol. The number of anilines is 1. The average Bonchev–Trinajstić information content (AvgIpc) is 3.15. The standard InChI is InChI=1S/C13H13BrN6O/c1-21-12-7-20(6-10(12)11-5-17-19-18-11)13-8(3-15)2-9(14)4-16-13/h2,4-5,10,12H,6-7H2,1H3,(H,17,18,19)/t10-,12+/m0/s1. The highest BCUT2D eigenvalue weighted by atomic mass is 79.9. The van der Waals surface area contributed by atoms with Crippen molar-refractivity contribution in [2.24, 2.45) is 0 Å². The van der Waals surface area contributed by atoms with Crippen molar-refractivity contribution in [1.82, 2.24) is 20.4 Å². The van der Waals surface area contributed by atoms with Crippen molar-refractivity contribution >= 4 is 21.7 Å². The highest BCUT2D eigenvalue weighted by Gasteiger charge is 2.37. The van der Waals surface area contributed by atoms with Crippen molar-refractivity contribution in [1.29, 1.82) is 5.26 Å². The Bertz CT molecular complexity index is 668. The molecule has 1 aliphatic heterocycles.